The predicted molar refractivity (Wildman–Crippen MR) is 54.4 cm³/mol. The maximum absolute atomic E-state index is 12.5. The van der Waals surface area contributed by atoms with Crippen molar-refractivity contribution in [1.82, 2.24) is 0 Å². The fourth-order valence-corrected chi connectivity index (χ4v) is 1.10. The van der Waals surface area contributed by atoms with Crippen LogP contribution in [0.15, 0.2) is 36.5 Å². The molecule has 17 heavy (non-hydrogen) atoms. The Morgan fingerprint density at radius 3 is 2.59 bits per heavy atom. The number of hydrogen-bond acceptors (Lipinski definition) is 3. The van der Waals surface area contributed by atoms with Gasteiger partial charge in [0.15, 0.2) is 6.26 Å². The number of aliphatic hydroxyl groups excluding tert-OH is 1. The highest BCUT2D eigenvalue weighted by atomic mass is 19.4. The highest BCUT2D eigenvalue weighted by Crippen LogP contribution is 2.35. The Kier molecular flexibility index (Phi) is 4.25. The van der Waals surface area contributed by atoms with Gasteiger partial charge in [0.2, 0.25) is 0 Å². The summed E-state index contributed by atoms with van der Waals surface area (Å²) in [6.45, 7) is 1.81. The van der Waals surface area contributed by atoms with Crippen molar-refractivity contribution >= 4 is 0 Å². The van der Waals surface area contributed by atoms with Crippen LogP contribution in [0.4, 0.5) is 13.2 Å². The van der Waals surface area contributed by atoms with Gasteiger partial charge < -0.3 is 14.6 Å². The summed E-state index contributed by atoms with van der Waals surface area (Å²) in [5, 5.41) is 9.04. The van der Waals surface area contributed by atoms with Gasteiger partial charge in [-0.3, -0.25) is 0 Å². The summed E-state index contributed by atoms with van der Waals surface area (Å²) in [5.74, 6) is -0.976. The van der Waals surface area contributed by atoms with Crippen LogP contribution in [-0.4, -0.2) is 11.7 Å². The molecule has 0 radical (unpaired) electrons. The van der Waals surface area contributed by atoms with Crippen LogP contribution in [0.3, 0.4) is 0 Å². The van der Waals surface area contributed by atoms with E-state index in [0.29, 0.717) is 6.26 Å². The van der Waals surface area contributed by atoms with Gasteiger partial charge in [0.25, 0.3) is 0 Å². The van der Waals surface area contributed by atoms with Crippen LogP contribution in [0, 0.1) is 0 Å². The molecule has 0 aliphatic rings. The van der Waals surface area contributed by atoms with Crippen LogP contribution >= 0.6 is 0 Å². The van der Waals surface area contributed by atoms with E-state index in [4.69, 9.17) is 9.84 Å². The fourth-order valence-electron chi connectivity index (χ4n) is 1.10. The van der Waals surface area contributed by atoms with Gasteiger partial charge in [-0.25, -0.2) is 0 Å². The average Bonchev–Trinajstić information content (AvgIpc) is 2.26. The van der Waals surface area contributed by atoms with Crippen molar-refractivity contribution in [2.75, 3.05) is 6.61 Å². The second-order valence-corrected chi connectivity index (χ2v) is 3.00. The van der Waals surface area contributed by atoms with Crippen molar-refractivity contribution in [2.24, 2.45) is 0 Å². The monoisotopic (exact) mass is 248 g/mol. The molecule has 0 fully saturated rings. The first-order chi connectivity index (χ1) is 7.95. The Morgan fingerprint density at radius 2 is 2.00 bits per heavy atom. The van der Waals surface area contributed by atoms with Crippen LogP contribution in [-0.2, 0) is 10.9 Å². The zero-order valence-electron chi connectivity index (χ0n) is 8.99. The van der Waals surface area contributed by atoms with E-state index in [-0.39, 0.29) is 6.61 Å². The lowest BCUT2D eigenvalue weighted by molar-refractivity contribution is -0.138. The van der Waals surface area contributed by atoms with Gasteiger partial charge in [-0.05, 0) is 19.1 Å². The minimum absolute atomic E-state index is 0.187. The van der Waals surface area contributed by atoms with Gasteiger partial charge in [0.1, 0.15) is 5.75 Å². The van der Waals surface area contributed by atoms with Crippen LogP contribution in [0.5, 0.6) is 5.75 Å². The Bertz CT molecular complexity index is 399. The van der Waals surface area contributed by atoms with Gasteiger partial charge in [-0.2, -0.15) is 13.2 Å². The first kappa shape index (κ1) is 13.2. The maximum atomic E-state index is 12.5. The molecule has 1 aromatic rings. The van der Waals surface area contributed by atoms with E-state index in [2.05, 4.69) is 4.74 Å². The molecule has 0 spiro atoms. The SMILES string of the molecule is CCO/C(O)=C\Oc1ccccc1C(F)(F)F. The highest BCUT2D eigenvalue weighted by molar-refractivity contribution is 5.36. The second kappa shape index (κ2) is 5.47. The van der Waals surface area contributed by atoms with Crippen LogP contribution in [0.25, 0.3) is 0 Å². The molecule has 1 rings (SSSR count). The van der Waals surface area contributed by atoms with Gasteiger partial charge in [0, 0.05) is 0 Å². The van der Waals surface area contributed by atoms with Gasteiger partial charge >= 0.3 is 12.1 Å². The van der Waals surface area contributed by atoms with Crippen molar-refractivity contribution in [1.29, 1.82) is 0 Å². The topological polar surface area (TPSA) is 38.7 Å². The first-order valence-electron chi connectivity index (χ1n) is 4.80. The molecule has 0 aliphatic carbocycles. The van der Waals surface area contributed by atoms with Crippen molar-refractivity contribution in [3.05, 3.63) is 42.0 Å². The normalized spacial score (nSPS) is 12.4. The molecule has 0 amide bonds. The summed E-state index contributed by atoms with van der Waals surface area (Å²) in [7, 11) is 0. The van der Waals surface area contributed by atoms with Crippen LogP contribution in [0.2, 0.25) is 0 Å². The average molecular weight is 248 g/mol. The van der Waals surface area contributed by atoms with E-state index in [1.54, 1.807) is 6.92 Å². The minimum atomic E-state index is -4.51. The number of hydrogen-bond donors (Lipinski definition) is 1. The molecule has 0 bridgehead atoms. The lowest BCUT2D eigenvalue weighted by atomic mass is 10.2. The third-order valence-electron chi connectivity index (χ3n) is 1.77. The molecular formula is C11H11F3O3. The maximum Gasteiger partial charge on any atom is 0.419 e. The number of benzene rings is 1. The summed E-state index contributed by atoms with van der Waals surface area (Å²) in [5.41, 5.74) is -0.916. The Hall–Kier alpha value is -1.85. The van der Waals surface area contributed by atoms with Gasteiger partial charge in [0.05, 0.1) is 12.2 Å². The van der Waals surface area contributed by atoms with Crippen molar-refractivity contribution in [2.45, 2.75) is 13.1 Å². The summed E-state index contributed by atoms with van der Waals surface area (Å²) in [6, 6.07) is 4.69. The molecule has 6 heteroatoms. The lowest BCUT2D eigenvalue weighted by Gasteiger charge is -2.11. The highest BCUT2D eigenvalue weighted by Gasteiger charge is 2.33. The molecule has 0 aliphatic heterocycles. The Balaban J connectivity index is 2.88. The standard InChI is InChI=1S/C11H11F3O3/c1-2-16-10(15)7-17-9-6-4-3-5-8(9)11(12,13)14/h3-7,15H,2H2,1H3/b10-7-. The summed E-state index contributed by atoms with van der Waals surface area (Å²) >= 11 is 0. The number of aliphatic hydroxyl groups is 1. The second-order valence-electron chi connectivity index (χ2n) is 3.00. The third kappa shape index (κ3) is 3.90. The minimum Gasteiger partial charge on any atom is -0.479 e. The van der Waals surface area contributed by atoms with Crippen molar-refractivity contribution < 1.29 is 27.8 Å². The van der Waals surface area contributed by atoms with Crippen molar-refractivity contribution in [3.63, 3.8) is 0 Å². The van der Waals surface area contributed by atoms with E-state index in [0.717, 1.165) is 12.1 Å². The molecule has 1 aromatic carbocycles. The number of rotatable bonds is 4. The van der Waals surface area contributed by atoms with E-state index in [1.807, 2.05) is 0 Å². The third-order valence-corrected chi connectivity index (χ3v) is 1.77. The van der Waals surface area contributed by atoms with Gasteiger partial charge in [-0.15, -0.1) is 0 Å². The smallest absolute Gasteiger partial charge is 0.419 e. The molecule has 0 saturated heterocycles. The number of para-hydroxylation sites is 1. The Morgan fingerprint density at radius 1 is 1.35 bits per heavy atom. The molecule has 0 aromatic heterocycles. The summed E-state index contributed by atoms with van der Waals surface area (Å²) in [4.78, 5) is 0. The number of halogens is 3. The number of ether oxygens (including phenoxy) is 2. The Labute approximate surface area is 96.1 Å². The fraction of sp³-hybridized carbons (Fsp3) is 0.273. The van der Waals surface area contributed by atoms with Crippen molar-refractivity contribution in [3.8, 4) is 5.75 Å². The lowest BCUT2D eigenvalue weighted by Crippen LogP contribution is -2.07. The summed E-state index contributed by atoms with van der Waals surface area (Å²) in [6.07, 6.45) is -3.79. The zero-order chi connectivity index (χ0) is 12.9. The molecule has 3 nitrogen and oxygen atoms in total. The molecule has 0 saturated carbocycles. The summed E-state index contributed by atoms with van der Waals surface area (Å²) < 4.78 is 46.9. The van der Waals surface area contributed by atoms with E-state index < -0.39 is 23.4 Å². The van der Waals surface area contributed by atoms with E-state index in [9.17, 15) is 13.2 Å². The molecule has 0 heterocycles. The predicted octanol–water partition coefficient (Wildman–Crippen LogP) is 3.48. The first-order valence-corrected chi connectivity index (χ1v) is 4.80. The molecule has 1 N–H and O–H groups in total. The zero-order valence-corrected chi connectivity index (χ0v) is 8.99. The molecule has 0 unspecified atom stereocenters. The van der Waals surface area contributed by atoms with E-state index >= 15 is 0 Å². The molecular weight excluding hydrogens is 237 g/mol. The number of alkyl halides is 3. The van der Waals surface area contributed by atoms with Gasteiger partial charge in [-0.1, -0.05) is 12.1 Å². The van der Waals surface area contributed by atoms with Crippen LogP contribution < -0.4 is 4.74 Å². The van der Waals surface area contributed by atoms with Crippen LogP contribution in [0.1, 0.15) is 12.5 Å². The largest absolute Gasteiger partial charge is 0.479 e. The quantitative estimate of drug-likeness (QED) is 0.829. The molecule has 0 atom stereocenters. The van der Waals surface area contributed by atoms with E-state index in [1.165, 1.54) is 12.1 Å². The molecule has 94 valence electrons.